The third-order valence-corrected chi connectivity index (χ3v) is 9.01. The van der Waals surface area contributed by atoms with Crippen LogP contribution in [0.25, 0.3) is 22.7 Å². The van der Waals surface area contributed by atoms with Crippen LogP contribution in [0.1, 0.15) is 0 Å². The van der Waals surface area contributed by atoms with Crippen molar-refractivity contribution >= 4 is 34.1 Å². The van der Waals surface area contributed by atoms with Crippen LogP contribution < -0.4 is 9.80 Å². The second kappa shape index (κ2) is 13.4. The van der Waals surface area contributed by atoms with Gasteiger partial charge in [0.2, 0.25) is 0 Å². The van der Waals surface area contributed by atoms with E-state index in [-0.39, 0.29) is 0 Å². The molecule has 0 saturated carbocycles. The Labute approximate surface area is 300 Å². The summed E-state index contributed by atoms with van der Waals surface area (Å²) in [6.07, 6.45) is 22.2. The van der Waals surface area contributed by atoms with E-state index in [9.17, 15) is 0 Å². The lowest BCUT2D eigenvalue weighted by Gasteiger charge is -2.29. The van der Waals surface area contributed by atoms with E-state index in [1.165, 1.54) is 0 Å². The standard InChI is InChI=1S/C42H32N10/c1-9-37(10-2-33(1)47-25-21-43-29-47)51(38-11-3-34(4-12-38)48-26-22-44-30-48)41-17-19-42(20-18-41)52(39-13-5-35(6-14-39)49-27-23-45-31-49)40-15-7-36(8-16-40)50-28-24-46-32-50/h1-32H. The maximum absolute atomic E-state index is 4.21. The molecule has 0 bridgehead atoms. The monoisotopic (exact) mass is 676 g/mol. The Morgan fingerprint density at radius 1 is 0.269 bits per heavy atom. The molecule has 0 aliphatic carbocycles. The minimum absolute atomic E-state index is 1.03. The normalized spacial score (nSPS) is 11.1. The summed E-state index contributed by atoms with van der Waals surface area (Å²) in [6.45, 7) is 0. The molecule has 0 aliphatic heterocycles. The lowest BCUT2D eigenvalue weighted by Crippen LogP contribution is -2.12. The van der Waals surface area contributed by atoms with Gasteiger partial charge in [-0.1, -0.05) is 0 Å². The highest BCUT2D eigenvalue weighted by Crippen LogP contribution is 2.40. The van der Waals surface area contributed by atoms with Crippen molar-refractivity contribution in [2.75, 3.05) is 9.80 Å². The Morgan fingerprint density at radius 2 is 0.462 bits per heavy atom. The van der Waals surface area contributed by atoms with Crippen molar-refractivity contribution in [1.29, 1.82) is 0 Å². The zero-order chi connectivity index (χ0) is 34.7. The average Bonchev–Trinajstić information content (AvgIpc) is 4.06. The minimum atomic E-state index is 1.03. The Balaban J connectivity index is 1.09. The van der Waals surface area contributed by atoms with E-state index >= 15 is 0 Å². The summed E-state index contributed by atoms with van der Waals surface area (Å²) in [6, 6.07) is 42.7. The molecule has 0 spiro atoms. The molecule has 9 aromatic rings. The van der Waals surface area contributed by atoms with Gasteiger partial charge in [0.25, 0.3) is 0 Å². The Kier molecular flexibility index (Phi) is 7.91. The van der Waals surface area contributed by atoms with E-state index in [2.05, 4.69) is 151 Å². The van der Waals surface area contributed by atoms with E-state index in [1.54, 1.807) is 24.8 Å². The largest absolute Gasteiger partial charge is 0.310 e. The molecule has 0 radical (unpaired) electrons. The molecule has 0 fully saturated rings. The number of rotatable bonds is 10. The van der Waals surface area contributed by atoms with Gasteiger partial charge in [-0.05, 0) is 121 Å². The zero-order valence-corrected chi connectivity index (χ0v) is 27.9. The average molecular weight is 677 g/mol. The molecule has 10 nitrogen and oxygen atoms in total. The van der Waals surface area contributed by atoms with Gasteiger partial charge in [-0.15, -0.1) is 0 Å². The first kappa shape index (κ1) is 30.6. The lowest BCUT2D eigenvalue weighted by molar-refractivity contribution is 1.05. The van der Waals surface area contributed by atoms with Gasteiger partial charge in [-0.2, -0.15) is 0 Å². The van der Waals surface area contributed by atoms with E-state index in [1.807, 2.05) is 68.4 Å². The third-order valence-electron chi connectivity index (χ3n) is 9.01. The SMILES string of the molecule is c1cn(-c2ccc(N(c3ccc(N(c4ccc(-n5ccnc5)cc4)c4ccc(-n5ccnc5)cc4)cc3)c3ccc(-n4ccnc4)cc3)cc2)cn1. The Morgan fingerprint density at radius 3 is 0.635 bits per heavy atom. The summed E-state index contributed by atoms with van der Waals surface area (Å²) in [4.78, 5) is 21.4. The smallest absolute Gasteiger partial charge is 0.0991 e. The van der Waals surface area contributed by atoms with Gasteiger partial charge in [-0.3, -0.25) is 0 Å². The fraction of sp³-hybridized carbons (Fsp3) is 0. The number of hydrogen-bond donors (Lipinski definition) is 0. The molecule has 52 heavy (non-hydrogen) atoms. The van der Waals surface area contributed by atoms with Crippen molar-refractivity contribution < 1.29 is 0 Å². The maximum Gasteiger partial charge on any atom is 0.0991 e. The highest BCUT2D eigenvalue weighted by molar-refractivity contribution is 5.82. The Hall–Kier alpha value is -7.46. The maximum atomic E-state index is 4.21. The summed E-state index contributed by atoms with van der Waals surface area (Å²) >= 11 is 0. The van der Waals surface area contributed by atoms with Crippen molar-refractivity contribution in [3.63, 3.8) is 0 Å². The second-order valence-electron chi connectivity index (χ2n) is 12.1. The Bertz CT molecular complexity index is 2120. The van der Waals surface area contributed by atoms with Gasteiger partial charge in [0.15, 0.2) is 0 Å². The molecule has 9 rings (SSSR count). The summed E-state index contributed by atoms with van der Waals surface area (Å²) in [5.74, 6) is 0. The first-order valence-electron chi connectivity index (χ1n) is 16.8. The molecule has 0 atom stereocenters. The molecule has 0 unspecified atom stereocenters. The van der Waals surface area contributed by atoms with Crippen molar-refractivity contribution in [2.24, 2.45) is 0 Å². The third kappa shape index (κ3) is 6.01. The van der Waals surface area contributed by atoms with Crippen molar-refractivity contribution in [3.05, 3.63) is 196 Å². The first-order chi connectivity index (χ1) is 25.8. The predicted octanol–water partition coefficient (Wildman–Crippen LogP) is 9.37. The fourth-order valence-corrected chi connectivity index (χ4v) is 6.39. The predicted molar refractivity (Wildman–Crippen MR) is 204 cm³/mol. The molecule has 10 heteroatoms. The quantitative estimate of drug-likeness (QED) is 0.144. The first-order valence-corrected chi connectivity index (χ1v) is 16.8. The van der Waals surface area contributed by atoms with Gasteiger partial charge in [0.1, 0.15) is 0 Å². The zero-order valence-electron chi connectivity index (χ0n) is 27.9. The highest BCUT2D eigenvalue weighted by atomic mass is 15.2. The van der Waals surface area contributed by atoms with Crippen molar-refractivity contribution in [2.45, 2.75) is 0 Å². The van der Waals surface area contributed by atoms with E-state index in [0.717, 1.165) is 56.9 Å². The summed E-state index contributed by atoms with van der Waals surface area (Å²) in [5, 5.41) is 0. The van der Waals surface area contributed by atoms with Gasteiger partial charge in [0, 0.05) is 106 Å². The van der Waals surface area contributed by atoms with Gasteiger partial charge >= 0.3 is 0 Å². The number of imidazole rings is 4. The van der Waals surface area contributed by atoms with E-state index in [0.29, 0.717) is 0 Å². The molecule has 4 heterocycles. The van der Waals surface area contributed by atoms with E-state index < -0.39 is 0 Å². The summed E-state index contributed by atoms with van der Waals surface area (Å²) < 4.78 is 8.01. The van der Waals surface area contributed by atoms with Crippen LogP contribution in [0.3, 0.4) is 0 Å². The van der Waals surface area contributed by atoms with Gasteiger partial charge in [-0.25, -0.2) is 19.9 Å². The topological polar surface area (TPSA) is 77.8 Å². The molecule has 250 valence electrons. The van der Waals surface area contributed by atoms with Crippen molar-refractivity contribution in [1.82, 2.24) is 38.2 Å². The summed E-state index contributed by atoms with van der Waals surface area (Å²) in [7, 11) is 0. The van der Waals surface area contributed by atoms with Crippen molar-refractivity contribution in [3.8, 4) is 22.7 Å². The van der Waals surface area contributed by atoms with Crippen LogP contribution in [0.2, 0.25) is 0 Å². The van der Waals surface area contributed by atoms with Crippen LogP contribution >= 0.6 is 0 Å². The number of nitrogens with zero attached hydrogens (tertiary/aromatic N) is 10. The van der Waals surface area contributed by atoms with Crippen LogP contribution in [0, 0.1) is 0 Å². The fourth-order valence-electron chi connectivity index (χ4n) is 6.39. The summed E-state index contributed by atoms with van der Waals surface area (Å²) in [5.41, 5.74) is 10.4. The molecule has 5 aromatic carbocycles. The molecule has 0 saturated heterocycles. The molecule has 4 aromatic heterocycles. The lowest BCUT2D eigenvalue weighted by atomic mass is 10.1. The minimum Gasteiger partial charge on any atom is -0.310 e. The van der Waals surface area contributed by atoms with Crippen LogP contribution in [0.15, 0.2) is 196 Å². The number of anilines is 6. The molecular weight excluding hydrogens is 645 g/mol. The second-order valence-corrected chi connectivity index (χ2v) is 12.1. The molecular formula is C42H32N10. The number of aromatic nitrogens is 8. The van der Waals surface area contributed by atoms with Crippen LogP contribution in [-0.2, 0) is 0 Å². The highest BCUT2D eigenvalue weighted by Gasteiger charge is 2.17. The molecule has 0 amide bonds. The number of benzene rings is 5. The van der Waals surface area contributed by atoms with E-state index in [4.69, 9.17) is 0 Å². The van der Waals surface area contributed by atoms with Gasteiger partial charge in [0.05, 0.1) is 25.3 Å². The number of hydrogen-bond acceptors (Lipinski definition) is 6. The van der Waals surface area contributed by atoms with Crippen LogP contribution in [-0.4, -0.2) is 38.2 Å². The molecule has 0 N–H and O–H groups in total. The van der Waals surface area contributed by atoms with Gasteiger partial charge < -0.3 is 28.1 Å². The van der Waals surface area contributed by atoms with Crippen LogP contribution in [0.5, 0.6) is 0 Å². The van der Waals surface area contributed by atoms with Crippen LogP contribution in [0.4, 0.5) is 34.1 Å². The molecule has 0 aliphatic rings.